The second-order valence-electron chi connectivity index (χ2n) is 6.97. The molecule has 4 rings (SSSR count). The normalized spacial score (nSPS) is 11.1. The lowest BCUT2D eigenvalue weighted by Gasteiger charge is -2.11. The fraction of sp³-hybridized carbons (Fsp3) is 0.227. The fourth-order valence-corrected chi connectivity index (χ4v) is 4.84. The average Bonchev–Trinajstić information content (AvgIpc) is 3.28. The molecule has 0 bridgehead atoms. The minimum atomic E-state index is -0.338. The van der Waals surface area contributed by atoms with Crippen molar-refractivity contribution >= 4 is 39.9 Å². The zero-order valence-corrected chi connectivity index (χ0v) is 18.9. The van der Waals surface area contributed by atoms with Crippen LogP contribution in [0.3, 0.4) is 0 Å². The number of thioether (sulfide) groups is 1. The maximum atomic E-state index is 13.0. The van der Waals surface area contributed by atoms with Gasteiger partial charge in [-0.3, -0.25) is 14.2 Å². The van der Waals surface area contributed by atoms with Crippen molar-refractivity contribution in [1.29, 1.82) is 0 Å². The van der Waals surface area contributed by atoms with Crippen molar-refractivity contribution in [2.75, 3.05) is 0 Å². The number of fused-ring (bicyclic) bond motifs is 1. The third-order valence-electron chi connectivity index (χ3n) is 4.63. The van der Waals surface area contributed by atoms with Crippen LogP contribution in [0.2, 0.25) is 0 Å². The van der Waals surface area contributed by atoms with Gasteiger partial charge in [0.15, 0.2) is 5.16 Å². The molecule has 0 aliphatic heterocycles. The largest absolute Gasteiger partial charge is 0.346 e. The van der Waals surface area contributed by atoms with Gasteiger partial charge < -0.3 is 5.32 Å². The van der Waals surface area contributed by atoms with Gasteiger partial charge in [0.05, 0.1) is 16.7 Å². The molecule has 0 aliphatic carbocycles. The Kier molecular flexibility index (Phi) is 6.91. The second-order valence-corrected chi connectivity index (χ2v) is 8.97. The van der Waals surface area contributed by atoms with E-state index in [4.69, 9.17) is 0 Å². The number of carbonyl (C=O) groups excluding carboxylic acids is 1. The van der Waals surface area contributed by atoms with Gasteiger partial charge in [-0.15, -0.1) is 10.2 Å². The molecule has 1 amide bonds. The number of halogens is 1. The van der Waals surface area contributed by atoms with Gasteiger partial charge in [0.25, 0.3) is 11.5 Å². The Hall–Kier alpha value is -3.11. The number of amides is 1. The maximum Gasteiger partial charge on any atom is 0.282 e. The highest BCUT2D eigenvalue weighted by atomic mass is 32.2. The zero-order chi connectivity index (χ0) is 22.5. The third kappa shape index (κ3) is 5.03. The summed E-state index contributed by atoms with van der Waals surface area (Å²) in [5.41, 5.74) is 1.39. The Morgan fingerprint density at radius 3 is 2.72 bits per heavy atom. The summed E-state index contributed by atoms with van der Waals surface area (Å²) in [4.78, 5) is 29.9. The van der Waals surface area contributed by atoms with Crippen LogP contribution < -0.4 is 10.9 Å². The minimum absolute atomic E-state index is 0.0573. The molecule has 2 heterocycles. The molecule has 7 nitrogen and oxygen atoms in total. The number of benzene rings is 2. The predicted molar refractivity (Wildman–Crippen MR) is 123 cm³/mol. The first kappa shape index (κ1) is 22.1. The molecule has 0 spiro atoms. The van der Waals surface area contributed by atoms with E-state index in [0.29, 0.717) is 33.4 Å². The van der Waals surface area contributed by atoms with Gasteiger partial charge in [-0.25, -0.2) is 9.37 Å². The van der Waals surface area contributed by atoms with Gasteiger partial charge >= 0.3 is 0 Å². The molecule has 0 saturated carbocycles. The number of nitrogens with zero attached hydrogens (tertiary/aromatic N) is 4. The molecule has 2 aromatic heterocycles. The Bertz CT molecular complexity index is 1300. The number of para-hydroxylation sites is 1. The lowest BCUT2D eigenvalue weighted by atomic mass is 10.2. The zero-order valence-electron chi connectivity index (χ0n) is 17.2. The van der Waals surface area contributed by atoms with E-state index in [-0.39, 0.29) is 28.8 Å². The topological polar surface area (TPSA) is 89.8 Å². The van der Waals surface area contributed by atoms with Crippen LogP contribution in [0.4, 0.5) is 4.39 Å². The number of rotatable bonds is 8. The van der Waals surface area contributed by atoms with E-state index in [0.717, 1.165) is 12.0 Å². The highest BCUT2D eigenvalue weighted by Gasteiger charge is 2.15. The summed E-state index contributed by atoms with van der Waals surface area (Å²) in [6.45, 7) is 2.86. The molecular formula is C22H20FN5O2S2. The van der Waals surface area contributed by atoms with Crippen LogP contribution in [-0.2, 0) is 18.8 Å². The van der Waals surface area contributed by atoms with Crippen LogP contribution >= 0.6 is 23.1 Å². The summed E-state index contributed by atoms with van der Waals surface area (Å²) in [7, 11) is 0. The number of carbonyl (C=O) groups is 1. The van der Waals surface area contributed by atoms with Gasteiger partial charge in [0.1, 0.15) is 10.8 Å². The molecule has 0 aliphatic rings. The van der Waals surface area contributed by atoms with E-state index in [2.05, 4.69) is 20.5 Å². The summed E-state index contributed by atoms with van der Waals surface area (Å²) in [5.74, 6) is -0.219. The first-order valence-corrected chi connectivity index (χ1v) is 11.8. The van der Waals surface area contributed by atoms with E-state index in [1.165, 1.54) is 35.2 Å². The van der Waals surface area contributed by atoms with Crippen LogP contribution in [0.5, 0.6) is 0 Å². The summed E-state index contributed by atoms with van der Waals surface area (Å²) in [6, 6.07) is 13.2. The van der Waals surface area contributed by atoms with Crippen molar-refractivity contribution in [3.63, 3.8) is 0 Å². The predicted octanol–water partition coefficient (Wildman–Crippen LogP) is 4.02. The van der Waals surface area contributed by atoms with Crippen LogP contribution in [-0.4, -0.2) is 25.7 Å². The molecule has 10 heteroatoms. The summed E-state index contributed by atoms with van der Waals surface area (Å²) in [6.07, 6.45) is 0.810. The molecular weight excluding hydrogens is 449 g/mol. The second kappa shape index (κ2) is 10.0. The summed E-state index contributed by atoms with van der Waals surface area (Å²) < 4.78 is 14.7. The van der Waals surface area contributed by atoms with Gasteiger partial charge in [-0.2, -0.15) is 0 Å². The van der Waals surface area contributed by atoms with E-state index < -0.39 is 0 Å². The van der Waals surface area contributed by atoms with Crippen LogP contribution in [0, 0.1) is 5.82 Å². The molecule has 32 heavy (non-hydrogen) atoms. The Balaban J connectivity index is 1.44. The first-order valence-electron chi connectivity index (χ1n) is 10.0. The van der Waals surface area contributed by atoms with Crippen molar-refractivity contribution in [3.8, 4) is 0 Å². The van der Waals surface area contributed by atoms with Crippen molar-refractivity contribution in [1.82, 2.24) is 25.1 Å². The van der Waals surface area contributed by atoms with Crippen molar-refractivity contribution in [2.45, 2.75) is 37.3 Å². The van der Waals surface area contributed by atoms with E-state index in [9.17, 15) is 14.0 Å². The minimum Gasteiger partial charge on any atom is -0.346 e. The molecule has 1 N–H and O–H groups in total. The van der Waals surface area contributed by atoms with E-state index >= 15 is 0 Å². The number of hydrogen-bond donors (Lipinski definition) is 1. The standard InChI is InChI=1S/C22H20FN5O2S2/c1-2-11-28-21(30)16-5-3-4-6-17(16)25-22(28)31-13-18-26-27-20(32-18)19(29)24-12-14-7-9-15(23)10-8-14/h3-10H,2,11-13H2,1H3,(H,24,29). The SMILES string of the molecule is CCCn1c(SCc2nnc(C(=O)NCc3ccc(F)cc3)s2)nc2ccccc2c1=O. The number of hydrogen-bond acceptors (Lipinski definition) is 7. The Morgan fingerprint density at radius 1 is 1.16 bits per heavy atom. The fourth-order valence-electron chi connectivity index (χ4n) is 3.07. The maximum absolute atomic E-state index is 13.0. The van der Waals surface area contributed by atoms with Crippen molar-refractivity contribution in [3.05, 3.63) is 80.3 Å². The lowest BCUT2D eigenvalue weighted by molar-refractivity contribution is 0.0950. The Labute approximate surface area is 191 Å². The van der Waals surface area contributed by atoms with Crippen LogP contribution in [0.15, 0.2) is 58.5 Å². The number of nitrogens with one attached hydrogen (secondary N) is 1. The molecule has 0 unspecified atom stereocenters. The molecule has 0 radical (unpaired) electrons. The van der Waals surface area contributed by atoms with E-state index in [1.807, 2.05) is 25.1 Å². The molecule has 0 saturated heterocycles. The average molecular weight is 470 g/mol. The summed E-state index contributed by atoms with van der Waals surface area (Å²) in [5, 5.41) is 13.0. The van der Waals surface area contributed by atoms with Crippen molar-refractivity contribution < 1.29 is 9.18 Å². The first-order chi connectivity index (χ1) is 15.5. The van der Waals surface area contributed by atoms with Gasteiger partial charge in [0.2, 0.25) is 5.01 Å². The van der Waals surface area contributed by atoms with Crippen molar-refractivity contribution in [2.24, 2.45) is 0 Å². The molecule has 0 atom stereocenters. The monoisotopic (exact) mass is 469 g/mol. The number of aromatic nitrogens is 4. The molecule has 4 aromatic rings. The molecule has 0 fully saturated rings. The molecule has 2 aromatic carbocycles. The lowest BCUT2D eigenvalue weighted by Crippen LogP contribution is -2.23. The van der Waals surface area contributed by atoms with Gasteiger partial charge in [-0.1, -0.05) is 54.3 Å². The smallest absolute Gasteiger partial charge is 0.282 e. The van der Waals surface area contributed by atoms with Gasteiger partial charge in [0, 0.05) is 13.1 Å². The quantitative estimate of drug-likeness (QED) is 0.310. The third-order valence-corrected chi connectivity index (χ3v) is 6.72. The van der Waals surface area contributed by atoms with Gasteiger partial charge in [-0.05, 0) is 36.2 Å². The van der Waals surface area contributed by atoms with Crippen LogP contribution in [0.1, 0.15) is 33.7 Å². The Morgan fingerprint density at radius 2 is 1.94 bits per heavy atom. The van der Waals surface area contributed by atoms with Crippen LogP contribution in [0.25, 0.3) is 10.9 Å². The summed E-state index contributed by atoms with van der Waals surface area (Å²) >= 11 is 2.59. The highest BCUT2D eigenvalue weighted by Crippen LogP contribution is 2.24. The molecule has 164 valence electrons. The van der Waals surface area contributed by atoms with E-state index in [1.54, 1.807) is 22.8 Å². The highest BCUT2D eigenvalue weighted by molar-refractivity contribution is 7.98.